The number of halogens is 1. The fraction of sp³-hybridized carbons (Fsp3) is 0.300. The number of primary amides is 2. The zero-order chi connectivity index (χ0) is 19.1. The number of carbonyl (C=O) groups excluding carboxylic acids is 2. The number of aliphatic hydroxyl groups is 1. The molecule has 138 valence electrons. The molecule has 0 unspecified atom stereocenters. The van der Waals surface area contributed by atoms with Crippen molar-refractivity contribution >= 4 is 11.8 Å². The Morgan fingerprint density at radius 2 is 1.73 bits per heavy atom. The summed E-state index contributed by atoms with van der Waals surface area (Å²) in [5.74, 6) is -2.96. The Kier molecular flexibility index (Phi) is 6.86. The standard InChI is InChI=1S/C20H23FN2O3/c21-17-8-4-7-14(18(17)20(23)26)11-15(19(22)25)12-16(24)10-9-13-5-2-1-3-6-13/h1-8,15-16,24H,9-12H2,(H2,22,25)(H2,23,26)/t15-,16+/m1/s1. The first kappa shape index (κ1) is 19.6. The molecule has 0 saturated heterocycles. The molecule has 0 aliphatic rings. The molecule has 0 saturated carbocycles. The Balaban J connectivity index is 2.04. The molecular weight excluding hydrogens is 335 g/mol. The lowest BCUT2D eigenvalue weighted by Crippen LogP contribution is -2.30. The van der Waals surface area contributed by atoms with Crippen LogP contribution in [0.1, 0.15) is 34.3 Å². The summed E-state index contributed by atoms with van der Waals surface area (Å²) in [5.41, 5.74) is 11.8. The molecule has 0 spiro atoms. The molecule has 0 fully saturated rings. The molecule has 0 radical (unpaired) electrons. The first-order valence-corrected chi connectivity index (χ1v) is 8.47. The highest BCUT2D eigenvalue weighted by molar-refractivity contribution is 5.94. The summed E-state index contributed by atoms with van der Waals surface area (Å²) in [5, 5.41) is 10.3. The number of nitrogens with two attached hydrogens (primary N) is 2. The molecule has 2 aromatic rings. The number of aryl methyl sites for hydroxylation is 1. The molecule has 0 aliphatic carbocycles. The van der Waals surface area contributed by atoms with E-state index in [0.717, 1.165) is 11.6 Å². The quantitative estimate of drug-likeness (QED) is 0.638. The molecule has 0 aliphatic heterocycles. The molecule has 26 heavy (non-hydrogen) atoms. The SMILES string of the molecule is NC(=O)c1c(F)cccc1C[C@H](C[C@@H](O)CCc1ccccc1)C(N)=O. The summed E-state index contributed by atoms with van der Waals surface area (Å²) >= 11 is 0. The summed E-state index contributed by atoms with van der Waals surface area (Å²) in [6, 6.07) is 13.8. The molecular formula is C20H23FN2O3. The van der Waals surface area contributed by atoms with Crippen LogP contribution in [0.3, 0.4) is 0 Å². The normalized spacial score (nSPS) is 13.2. The topological polar surface area (TPSA) is 106 Å². The molecule has 0 bridgehead atoms. The second-order valence-electron chi connectivity index (χ2n) is 6.36. The van der Waals surface area contributed by atoms with Gasteiger partial charge in [0.25, 0.3) is 5.91 Å². The lowest BCUT2D eigenvalue weighted by molar-refractivity contribution is -0.122. The van der Waals surface area contributed by atoms with Gasteiger partial charge >= 0.3 is 0 Å². The average Bonchev–Trinajstić information content (AvgIpc) is 2.60. The minimum absolute atomic E-state index is 0.0494. The van der Waals surface area contributed by atoms with Crippen LogP contribution in [0.25, 0.3) is 0 Å². The second kappa shape index (κ2) is 9.10. The molecule has 2 amide bonds. The highest BCUT2D eigenvalue weighted by Gasteiger charge is 2.23. The number of carbonyl (C=O) groups is 2. The number of benzene rings is 2. The third-order valence-corrected chi connectivity index (χ3v) is 4.38. The summed E-state index contributed by atoms with van der Waals surface area (Å²) in [7, 11) is 0. The Bertz CT molecular complexity index is 765. The fourth-order valence-electron chi connectivity index (χ4n) is 3.00. The van der Waals surface area contributed by atoms with Crippen LogP contribution in [0.15, 0.2) is 48.5 Å². The van der Waals surface area contributed by atoms with Crippen molar-refractivity contribution in [3.05, 3.63) is 71.0 Å². The van der Waals surface area contributed by atoms with Gasteiger partial charge in [-0.25, -0.2) is 4.39 Å². The summed E-state index contributed by atoms with van der Waals surface area (Å²) < 4.78 is 13.9. The minimum Gasteiger partial charge on any atom is -0.393 e. The van der Waals surface area contributed by atoms with Gasteiger partial charge in [-0.05, 0) is 42.9 Å². The van der Waals surface area contributed by atoms with Crippen LogP contribution in [0, 0.1) is 11.7 Å². The van der Waals surface area contributed by atoms with Crippen molar-refractivity contribution in [2.75, 3.05) is 0 Å². The Morgan fingerprint density at radius 3 is 2.35 bits per heavy atom. The molecule has 0 heterocycles. The van der Waals surface area contributed by atoms with Gasteiger partial charge in [0.05, 0.1) is 11.7 Å². The van der Waals surface area contributed by atoms with Gasteiger partial charge in [0, 0.05) is 5.92 Å². The van der Waals surface area contributed by atoms with Gasteiger partial charge in [-0.1, -0.05) is 42.5 Å². The third kappa shape index (κ3) is 5.39. The van der Waals surface area contributed by atoms with E-state index in [1.807, 2.05) is 30.3 Å². The van der Waals surface area contributed by atoms with Crippen LogP contribution in [-0.2, 0) is 17.6 Å². The summed E-state index contributed by atoms with van der Waals surface area (Å²) in [6.45, 7) is 0. The average molecular weight is 358 g/mol. The van der Waals surface area contributed by atoms with Gasteiger partial charge in [-0.15, -0.1) is 0 Å². The monoisotopic (exact) mass is 358 g/mol. The van der Waals surface area contributed by atoms with E-state index in [0.29, 0.717) is 18.4 Å². The van der Waals surface area contributed by atoms with Gasteiger partial charge in [0.1, 0.15) is 5.82 Å². The van der Waals surface area contributed by atoms with Gasteiger partial charge in [-0.2, -0.15) is 0 Å². The number of hydrogen-bond acceptors (Lipinski definition) is 3. The molecule has 5 nitrogen and oxygen atoms in total. The van der Waals surface area contributed by atoms with Crippen LogP contribution >= 0.6 is 0 Å². The summed E-state index contributed by atoms with van der Waals surface area (Å²) in [4.78, 5) is 23.3. The Morgan fingerprint density at radius 1 is 1.04 bits per heavy atom. The van der Waals surface area contributed by atoms with Crippen LogP contribution in [0.2, 0.25) is 0 Å². The Labute approximate surface area is 151 Å². The molecule has 0 aromatic heterocycles. The van der Waals surface area contributed by atoms with Gasteiger partial charge in [0.15, 0.2) is 0 Å². The number of amides is 2. The maximum Gasteiger partial charge on any atom is 0.251 e. The number of rotatable bonds is 9. The minimum atomic E-state index is -0.897. The van der Waals surface area contributed by atoms with E-state index in [-0.39, 0.29) is 18.4 Å². The third-order valence-electron chi connectivity index (χ3n) is 4.38. The van der Waals surface area contributed by atoms with Crippen molar-refractivity contribution < 1.29 is 19.1 Å². The van der Waals surface area contributed by atoms with Crippen molar-refractivity contribution in [1.29, 1.82) is 0 Å². The molecule has 2 rings (SSSR count). The number of aliphatic hydroxyl groups excluding tert-OH is 1. The van der Waals surface area contributed by atoms with Crippen molar-refractivity contribution in [2.24, 2.45) is 17.4 Å². The van der Waals surface area contributed by atoms with Crippen molar-refractivity contribution in [1.82, 2.24) is 0 Å². The highest BCUT2D eigenvalue weighted by Crippen LogP contribution is 2.21. The molecule has 2 atom stereocenters. The second-order valence-corrected chi connectivity index (χ2v) is 6.36. The van der Waals surface area contributed by atoms with E-state index >= 15 is 0 Å². The van der Waals surface area contributed by atoms with Crippen LogP contribution in [0.4, 0.5) is 4.39 Å². The Hall–Kier alpha value is -2.73. The van der Waals surface area contributed by atoms with Crippen molar-refractivity contribution in [3.8, 4) is 0 Å². The maximum atomic E-state index is 13.9. The fourth-order valence-corrected chi connectivity index (χ4v) is 3.00. The van der Waals surface area contributed by atoms with E-state index in [1.54, 1.807) is 0 Å². The van der Waals surface area contributed by atoms with Crippen molar-refractivity contribution in [3.63, 3.8) is 0 Å². The van der Waals surface area contributed by atoms with E-state index in [1.165, 1.54) is 12.1 Å². The van der Waals surface area contributed by atoms with E-state index in [2.05, 4.69) is 0 Å². The van der Waals surface area contributed by atoms with Gasteiger partial charge < -0.3 is 16.6 Å². The van der Waals surface area contributed by atoms with Gasteiger partial charge in [-0.3, -0.25) is 9.59 Å². The molecule has 2 aromatic carbocycles. The molecule has 6 heteroatoms. The predicted octanol–water partition coefficient (Wildman–Crippen LogP) is 1.95. The van der Waals surface area contributed by atoms with Crippen LogP contribution < -0.4 is 11.5 Å². The van der Waals surface area contributed by atoms with Crippen LogP contribution in [-0.4, -0.2) is 23.0 Å². The maximum absolute atomic E-state index is 13.9. The molecule has 5 N–H and O–H groups in total. The van der Waals surface area contributed by atoms with E-state index < -0.39 is 29.7 Å². The lowest BCUT2D eigenvalue weighted by atomic mass is 9.89. The smallest absolute Gasteiger partial charge is 0.251 e. The highest BCUT2D eigenvalue weighted by atomic mass is 19.1. The van der Waals surface area contributed by atoms with Crippen LogP contribution in [0.5, 0.6) is 0 Å². The first-order valence-electron chi connectivity index (χ1n) is 8.47. The van der Waals surface area contributed by atoms with Crippen molar-refractivity contribution in [2.45, 2.75) is 31.8 Å². The van der Waals surface area contributed by atoms with E-state index in [9.17, 15) is 19.1 Å². The predicted molar refractivity (Wildman–Crippen MR) is 96.7 cm³/mol. The number of hydrogen-bond donors (Lipinski definition) is 3. The van der Waals surface area contributed by atoms with Gasteiger partial charge in [0.2, 0.25) is 5.91 Å². The lowest BCUT2D eigenvalue weighted by Gasteiger charge is -2.19. The van der Waals surface area contributed by atoms with E-state index in [4.69, 9.17) is 11.5 Å². The summed E-state index contributed by atoms with van der Waals surface area (Å²) in [6.07, 6.45) is 0.586. The first-order chi connectivity index (χ1) is 12.4. The zero-order valence-corrected chi connectivity index (χ0v) is 14.4. The zero-order valence-electron chi connectivity index (χ0n) is 14.4. The largest absolute Gasteiger partial charge is 0.393 e.